The molecule has 0 spiro atoms. The summed E-state index contributed by atoms with van der Waals surface area (Å²) >= 11 is 0. The number of carbonyl (C=O) groups is 2. The lowest BCUT2D eigenvalue weighted by Crippen LogP contribution is -2.44. The maximum absolute atomic E-state index is 14.2. The standard InChI is InChI=1S/C26H27FN2O5S/c1-17-14-21(18(2)29(17)20-12-13-20)24(30)16-34-26(31)23(15-19-8-4-3-5-9-19)28-35(32,33)25-11-7-6-10-22(25)27/h3-11,14,20,23,28H,12-13,15-16H2,1-2H3/t23-/m1/s1. The molecule has 0 saturated heterocycles. The number of Topliss-reactive ketones (excluding diaryl/α,β-unsaturated/α-hetero) is 1. The Kier molecular flexibility index (Phi) is 7.18. The minimum absolute atomic E-state index is 0.0300. The van der Waals surface area contributed by atoms with Crippen LogP contribution in [-0.2, 0) is 26.0 Å². The summed E-state index contributed by atoms with van der Waals surface area (Å²) in [6.07, 6.45) is 2.11. The summed E-state index contributed by atoms with van der Waals surface area (Å²) in [4.78, 5) is 25.2. The van der Waals surface area contributed by atoms with Crippen LogP contribution in [0.1, 0.15) is 46.2 Å². The van der Waals surface area contributed by atoms with Crippen LogP contribution < -0.4 is 4.72 Å². The molecule has 184 valence electrons. The fraction of sp³-hybridized carbons (Fsp3) is 0.308. The number of hydrogen-bond acceptors (Lipinski definition) is 5. The van der Waals surface area contributed by atoms with E-state index in [4.69, 9.17) is 4.74 Å². The summed E-state index contributed by atoms with van der Waals surface area (Å²) < 4.78 is 49.5. The van der Waals surface area contributed by atoms with Crippen molar-refractivity contribution >= 4 is 21.8 Å². The van der Waals surface area contributed by atoms with Gasteiger partial charge in [0.05, 0.1) is 0 Å². The van der Waals surface area contributed by atoms with Gasteiger partial charge in [0.1, 0.15) is 16.8 Å². The van der Waals surface area contributed by atoms with Crippen molar-refractivity contribution in [2.24, 2.45) is 0 Å². The SMILES string of the molecule is Cc1cc(C(=O)COC(=O)[C@@H](Cc2ccccc2)NS(=O)(=O)c2ccccc2F)c(C)n1C1CC1. The van der Waals surface area contributed by atoms with Crippen LogP contribution in [-0.4, -0.2) is 37.4 Å². The molecule has 7 nitrogen and oxygen atoms in total. The molecule has 1 aliphatic carbocycles. The highest BCUT2D eigenvalue weighted by Crippen LogP contribution is 2.38. The molecule has 9 heteroatoms. The molecule has 0 bridgehead atoms. The van der Waals surface area contributed by atoms with E-state index in [0.717, 1.165) is 36.4 Å². The molecule has 1 aromatic heterocycles. The van der Waals surface area contributed by atoms with Crippen molar-refractivity contribution in [3.63, 3.8) is 0 Å². The molecular weight excluding hydrogens is 471 g/mol. The van der Waals surface area contributed by atoms with Gasteiger partial charge in [-0.25, -0.2) is 12.8 Å². The summed E-state index contributed by atoms with van der Waals surface area (Å²) in [5.41, 5.74) is 2.95. The first kappa shape index (κ1) is 24.8. The Morgan fingerprint density at radius 2 is 1.74 bits per heavy atom. The van der Waals surface area contributed by atoms with Gasteiger partial charge in [-0.05, 0) is 56.9 Å². The van der Waals surface area contributed by atoms with Crippen LogP contribution in [0.5, 0.6) is 0 Å². The first-order chi connectivity index (χ1) is 16.7. The Balaban J connectivity index is 1.51. The number of hydrogen-bond donors (Lipinski definition) is 1. The molecular formula is C26H27FN2O5S. The molecule has 1 N–H and O–H groups in total. The van der Waals surface area contributed by atoms with E-state index < -0.39 is 39.4 Å². The number of nitrogens with zero attached hydrogens (tertiary/aromatic N) is 1. The van der Waals surface area contributed by atoms with Crippen LogP contribution in [0, 0.1) is 19.7 Å². The predicted octanol–water partition coefficient (Wildman–Crippen LogP) is 3.89. The number of benzene rings is 2. The van der Waals surface area contributed by atoms with Gasteiger partial charge in [0.25, 0.3) is 0 Å². The fourth-order valence-corrected chi connectivity index (χ4v) is 5.47. The van der Waals surface area contributed by atoms with Crippen LogP contribution in [0.4, 0.5) is 4.39 Å². The number of nitrogens with one attached hydrogen (secondary N) is 1. The maximum Gasteiger partial charge on any atom is 0.324 e. The quantitative estimate of drug-likeness (QED) is 0.338. The van der Waals surface area contributed by atoms with Crippen LogP contribution >= 0.6 is 0 Å². The zero-order chi connectivity index (χ0) is 25.2. The maximum atomic E-state index is 14.2. The van der Waals surface area contributed by atoms with Crippen LogP contribution in [0.3, 0.4) is 0 Å². The van der Waals surface area contributed by atoms with E-state index in [2.05, 4.69) is 9.29 Å². The van der Waals surface area contributed by atoms with Crippen LogP contribution in [0.15, 0.2) is 65.6 Å². The topological polar surface area (TPSA) is 94.5 Å². The van der Waals surface area contributed by atoms with E-state index in [1.54, 1.807) is 36.4 Å². The Hall–Kier alpha value is -3.30. The fourth-order valence-electron chi connectivity index (χ4n) is 4.21. The second-order valence-electron chi connectivity index (χ2n) is 8.71. The van der Waals surface area contributed by atoms with Crippen LogP contribution in [0.2, 0.25) is 0 Å². The zero-order valence-electron chi connectivity index (χ0n) is 19.5. The van der Waals surface area contributed by atoms with Crippen molar-refractivity contribution in [3.8, 4) is 0 Å². The van der Waals surface area contributed by atoms with Crippen molar-refractivity contribution < 1.29 is 27.1 Å². The molecule has 1 heterocycles. The highest BCUT2D eigenvalue weighted by atomic mass is 32.2. The Morgan fingerprint density at radius 1 is 1.09 bits per heavy atom. The molecule has 1 atom stereocenters. The number of halogens is 1. The van der Waals surface area contributed by atoms with E-state index in [0.29, 0.717) is 17.2 Å². The molecule has 0 unspecified atom stereocenters. The second-order valence-corrected chi connectivity index (χ2v) is 10.4. The average molecular weight is 499 g/mol. The number of esters is 1. The first-order valence-electron chi connectivity index (χ1n) is 11.4. The van der Waals surface area contributed by atoms with Gasteiger partial charge >= 0.3 is 5.97 Å². The van der Waals surface area contributed by atoms with Crippen LogP contribution in [0.25, 0.3) is 0 Å². The largest absolute Gasteiger partial charge is 0.456 e. The number of aromatic nitrogens is 1. The van der Waals surface area contributed by atoms with Gasteiger partial charge in [0.2, 0.25) is 15.8 Å². The highest BCUT2D eigenvalue weighted by molar-refractivity contribution is 7.89. The monoisotopic (exact) mass is 498 g/mol. The van der Waals surface area contributed by atoms with Crippen molar-refractivity contribution in [1.29, 1.82) is 0 Å². The van der Waals surface area contributed by atoms with Gasteiger partial charge in [0, 0.05) is 23.0 Å². The number of ether oxygens (including phenoxy) is 1. The summed E-state index contributed by atoms with van der Waals surface area (Å²) in [6, 6.07) is 14.5. The normalized spacial score (nSPS) is 14.5. The Bertz CT molecular complexity index is 1350. The van der Waals surface area contributed by atoms with Gasteiger partial charge in [0.15, 0.2) is 6.61 Å². The van der Waals surface area contributed by atoms with E-state index in [1.165, 1.54) is 12.1 Å². The van der Waals surface area contributed by atoms with Gasteiger partial charge < -0.3 is 9.30 Å². The first-order valence-corrected chi connectivity index (χ1v) is 12.8. The van der Waals surface area contributed by atoms with Crippen molar-refractivity contribution in [3.05, 3.63) is 89.0 Å². The highest BCUT2D eigenvalue weighted by Gasteiger charge is 2.31. The molecule has 1 aliphatic rings. The van der Waals surface area contributed by atoms with Gasteiger partial charge in [-0.1, -0.05) is 42.5 Å². The van der Waals surface area contributed by atoms with Crippen molar-refractivity contribution in [2.45, 2.75) is 50.1 Å². The number of sulfonamides is 1. The average Bonchev–Trinajstić information content (AvgIpc) is 3.61. The summed E-state index contributed by atoms with van der Waals surface area (Å²) in [6.45, 7) is 3.27. The molecule has 1 saturated carbocycles. The number of carbonyl (C=O) groups excluding carboxylic acids is 2. The van der Waals surface area contributed by atoms with E-state index in [-0.39, 0.29) is 12.2 Å². The molecule has 3 aromatic rings. The van der Waals surface area contributed by atoms with Gasteiger partial charge in [-0.3, -0.25) is 9.59 Å². The lowest BCUT2D eigenvalue weighted by molar-refractivity contribution is -0.144. The molecule has 0 radical (unpaired) electrons. The Labute approximate surface area is 204 Å². The lowest BCUT2D eigenvalue weighted by atomic mass is 10.1. The number of ketones is 1. The number of aryl methyl sites for hydroxylation is 1. The lowest BCUT2D eigenvalue weighted by Gasteiger charge is -2.18. The smallest absolute Gasteiger partial charge is 0.324 e. The van der Waals surface area contributed by atoms with Gasteiger partial charge in [-0.2, -0.15) is 4.72 Å². The molecule has 2 aromatic carbocycles. The number of rotatable bonds is 10. The zero-order valence-corrected chi connectivity index (χ0v) is 20.3. The van der Waals surface area contributed by atoms with E-state index in [9.17, 15) is 22.4 Å². The third-order valence-electron chi connectivity index (χ3n) is 6.03. The van der Waals surface area contributed by atoms with E-state index in [1.807, 2.05) is 13.8 Å². The van der Waals surface area contributed by atoms with Crippen molar-refractivity contribution in [2.75, 3.05) is 6.61 Å². The summed E-state index contributed by atoms with van der Waals surface area (Å²) in [5.74, 6) is -2.22. The van der Waals surface area contributed by atoms with E-state index >= 15 is 0 Å². The summed E-state index contributed by atoms with van der Waals surface area (Å²) in [5, 5.41) is 0. The Morgan fingerprint density at radius 3 is 2.40 bits per heavy atom. The minimum Gasteiger partial charge on any atom is -0.456 e. The minimum atomic E-state index is -4.37. The summed E-state index contributed by atoms with van der Waals surface area (Å²) in [7, 11) is -4.37. The van der Waals surface area contributed by atoms with Crippen molar-refractivity contribution in [1.82, 2.24) is 9.29 Å². The molecule has 1 fully saturated rings. The second kappa shape index (κ2) is 10.1. The third-order valence-corrected chi connectivity index (χ3v) is 7.54. The predicted molar refractivity (Wildman–Crippen MR) is 128 cm³/mol. The third kappa shape index (κ3) is 5.68. The molecule has 4 rings (SSSR count). The molecule has 0 amide bonds. The molecule has 0 aliphatic heterocycles. The molecule has 35 heavy (non-hydrogen) atoms. The van der Waals surface area contributed by atoms with Gasteiger partial charge in [-0.15, -0.1) is 0 Å².